The number of hydrogen-bond donors (Lipinski definition) is 1. The SMILES string of the molecule is CCC1(C)CC(O)(c2c(Br)cnn2C(C)C)CCO1. The molecule has 4 nitrogen and oxygen atoms in total. The second-order valence-corrected chi connectivity index (χ2v) is 6.84. The molecule has 19 heavy (non-hydrogen) atoms. The van der Waals surface area contributed by atoms with Crippen LogP contribution in [0.3, 0.4) is 0 Å². The first-order valence-electron chi connectivity index (χ1n) is 6.91. The number of nitrogens with zero attached hydrogens (tertiary/aromatic N) is 2. The zero-order valence-electron chi connectivity index (χ0n) is 12.1. The standard InChI is InChI=1S/C14H23BrN2O2/c1-5-13(4)9-14(18,6-7-19-13)12-11(15)8-16-17(12)10(2)3/h8,10,18H,5-7,9H2,1-4H3. The van der Waals surface area contributed by atoms with Crippen molar-refractivity contribution in [1.29, 1.82) is 0 Å². The van der Waals surface area contributed by atoms with Gasteiger partial charge in [-0.3, -0.25) is 4.68 Å². The molecule has 1 aromatic heterocycles. The molecule has 2 unspecified atom stereocenters. The molecule has 1 aliphatic heterocycles. The van der Waals surface area contributed by atoms with Gasteiger partial charge in [-0.25, -0.2) is 0 Å². The summed E-state index contributed by atoms with van der Waals surface area (Å²) in [7, 11) is 0. The van der Waals surface area contributed by atoms with Crippen molar-refractivity contribution in [2.24, 2.45) is 0 Å². The van der Waals surface area contributed by atoms with Crippen LogP contribution in [0, 0.1) is 0 Å². The van der Waals surface area contributed by atoms with E-state index in [0.29, 0.717) is 19.4 Å². The summed E-state index contributed by atoms with van der Waals surface area (Å²) in [4.78, 5) is 0. The lowest BCUT2D eigenvalue weighted by Crippen LogP contribution is -2.46. The molecule has 0 radical (unpaired) electrons. The highest BCUT2D eigenvalue weighted by Gasteiger charge is 2.45. The topological polar surface area (TPSA) is 47.3 Å². The molecular weight excluding hydrogens is 308 g/mol. The minimum Gasteiger partial charge on any atom is -0.383 e. The Hall–Kier alpha value is -0.390. The largest absolute Gasteiger partial charge is 0.383 e. The first kappa shape index (κ1) is 15.0. The predicted octanol–water partition coefficient (Wildman–Crippen LogP) is 3.39. The van der Waals surface area contributed by atoms with Gasteiger partial charge in [0.25, 0.3) is 0 Å². The fraction of sp³-hybridized carbons (Fsp3) is 0.786. The lowest BCUT2D eigenvalue weighted by molar-refractivity contribution is -0.160. The van der Waals surface area contributed by atoms with Crippen molar-refractivity contribution in [3.8, 4) is 0 Å². The fourth-order valence-corrected chi connectivity index (χ4v) is 3.46. The molecule has 0 spiro atoms. The third kappa shape index (κ3) is 2.73. The van der Waals surface area contributed by atoms with Gasteiger partial charge in [0.2, 0.25) is 0 Å². The van der Waals surface area contributed by atoms with Crippen LogP contribution in [0.5, 0.6) is 0 Å². The minimum atomic E-state index is -0.872. The lowest BCUT2D eigenvalue weighted by Gasteiger charge is -2.43. The highest BCUT2D eigenvalue weighted by atomic mass is 79.9. The second-order valence-electron chi connectivity index (χ2n) is 5.99. The van der Waals surface area contributed by atoms with Gasteiger partial charge in [0.05, 0.1) is 28.6 Å². The van der Waals surface area contributed by atoms with E-state index in [2.05, 4.69) is 48.7 Å². The summed E-state index contributed by atoms with van der Waals surface area (Å²) in [6.45, 7) is 8.90. The predicted molar refractivity (Wildman–Crippen MR) is 78.1 cm³/mol. The maximum absolute atomic E-state index is 11.1. The normalized spacial score (nSPS) is 31.9. The van der Waals surface area contributed by atoms with Crippen LogP contribution in [0.1, 0.15) is 58.7 Å². The first-order chi connectivity index (χ1) is 8.81. The second kappa shape index (κ2) is 5.19. The van der Waals surface area contributed by atoms with Crippen LogP contribution in [0.4, 0.5) is 0 Å². The third-order valence-corrected chi connectivity index (χ3v) is 4.64. The molecule has 1 saturated heterocycles. The third-order valence-electron chi connectivity index (χ3n) is 4.06. The molecule has 2 heterocycles. The maximum atomic E-state index is 11.1. The Morgan fingerprint density at radius 2 is 2.26 bits per heavy atom. The van der Waals surface area contributed by atoms with E-state index < -0.39 is 5.60 Å². The number of aliphatic hydroxyl groups is 1. The van der Waals surface area contributed by atoms with Crippen molar-refractivity contribution in [1.82, 2.24) is 9.78 Å². The van der Waals surface area contributed by atoms with Gasteiger partial charge in [0.1, 0.15) is 5.60 Å². The van der Waals surface area contributed by atoms with Crippen molar-refractivity contribution in [3.63, 3.8) is 0 Å². The summed E-state index contributed by atoms with van der Waals surface area (Å²) < 4.78 is 8.63. The van der Waals surface area contributed by atoms with Crippen LogP contribution in [-0.2, 0) is 10.3 Å². The summed E-state index contributed by atoms with van der Waals surface area (Å²) in [5.74, 6) is 0. The van der Waals surface area contributed by atoms with Crippen molar-refractivity contribution < 1.29 is 9.84 Å². The highest BCUT2D eigenvalue weighted by Crippen LogP contribution is 2.43. The fourth-order valence-electron chi connectivity index (χ4n) is 2.82. The zero-order chi connectivity index (χ0) is 14.3. The molecular formula is C14H23BrN2O2. The van der Waals surface area contributed by atoms with Gasteiger partial charge in [0, 0.05) is 18.9 Å². The van der Waals surface area contributed by atoms with Gasteiger partial charge in [-0.2, -0.15) is 5.10 Å². The Kier molecular flexibility index (Phi) is 4.10. The Labute approximate surface area is 123 Å². The Morgan fingerprint density at radius 1 is 1.58 bits per heavy atom. The van der Waals surface area contributed by atoms with Crippen molar-refractivity contribution in [2.75, 3.05) is 6.61 Å². The zero-order valence-corrected chi connectivity index (χ0v) is 13.7. The molecule has 0 aliphatic carbocycles. The molecule has 0 bridgehead atoms. The summed E-state index contributed by atoms with van der Waals surface area (Å²) >= 11 is 3.53. The molecule has 1 aromatic rings. The molecule has 0 amide bonds. The monoisotopic (exact) mass is 330 g/mol. The van der Waals surface area contributed by atoms with E-state index in [1.807, 2.05) is 4.68 Å². The minimum absolute atomic E-state index is 0.223. The van der Waals surface area contributed by atoms with Crippen LogP contribution in [-0.4, -0.2) is 27.1 Å². The number of rotatable bonds is 3. The summed E-state index contributed by atoms with van der Waals surface area (Å²) in [5.41, 5.74) is -0.258. The maximum Gasteiger partial charge on any atom is 0.112 e. The molecule has 2 atom stereocenters. The summed E-state index contributed by atoms with van der Waals surface area (Å²) in [6, 6.07) is 0.223. The molecule has 0 saturated carbocycles. The van der Waals surface area contributed by atoms with Crippen molar-refractivity contribution >= 4 is 15.9 Å². The molecule has 0 aromatic carbocycles. The molecule has 1 N–H and O–H groups in total. The van der Waals surface area contributed by atoms with Crippen LogP contribution in [0.15, 0.2) is 10.7 Å². The van der Waals surface area contributed by atoms with Crippen LogP contribution in [0.25, 0.3) is 0 Å². The van der Waals surface area contributed by atoms with E-state index >= 15 is 0 Å². The number of aromatic nitrogens is 2. The summed E-state index contributed by atoms with van der Waals surface area (Å²) in [6.07, 6.45) is 3.88. The molecule has 5 heteroatoms. The van der Waals surface area contributed by atoms with Gasteiger partial charge in [0.15, 0.2) is 0 Å². The Balaban J connectivity index is 2.42. The Morgan fingerprint density at radius 3 is 2.84 bits per heavy atom. The Bertz CT molecular complexity index is 460. The molecule has 1 fully saturated rings. The van der Waals surface area contributed by atoms with Crippen molar-refractivity contribution in [2.45, 2.75) is 64.2 Å². The summed E-state index contributed by atoms with van der Waals surface area (Å²) in [5, 5.41) is 15.5. The quantitative estimate of drug-likeness (QED) is 0.923. The molecule has 1 aliphatic rings. The van der Waals surface area contributed by atoms with E-state index in [1.165, 1.54) is 0 Å². The van der Waals surface area contributed by atoms with Gasteiger partial charge in [-0.15, -0.1) is 0 Å². The van der Waals surface area contributed by atoms with Crippen LogP contribution >= 0.6 is 15.9 Å². The molecule has 108 valence electrons. The average Bonchev–Trinajstić information content (AvgIpc) is 2.72. The van der Waals surface area contributed by atoms with E-state index in [-0.39, 0.29) is 11.6 Å². The van der Waals surface area contributed by atoms with Crippen molar-refractivity contribution in [3.05, 3.63) is 16.4 Å². The first-order valence-corrected chi connectivity index (χ1v) is 7.70. The van der Waals surface area contributed by atoms with Gasteiger partial charge < -0.3 is 9.84 Å². The van der Waals surface area contributed by atoms with Gasteiger partial charge >= 0.3 is 0 Å². The van der Waals surface area contributed by atoms with Crippen LogP contribution in [0.2, 0.25) is 0 Å². The number of halogens is 1. The smallest absolute Gasteiger partial charge is 0.112 e. The van der Waals surface area contributed by atoms with Gasteiger partial charge in [-0.1, -0.05) is 6.92 Å². The van der Waals surface area contributed by atoms with E-state index in [4.69, 9.17) is 4.74 Å². The molecule has 2 rings (SSSR count). The lowest BCUT2D eigenvalue weighted by atomic mass is 9.79. The van der Waals surface area contributed by atoms with E-state index in [0.717, 1.165) is 16.6 Å². The van der Waals surface area contributed by atoms with Crippen LogP contribution < -0.4 is 0 Å². The highest BCUT2D eigenvalue weighted by molar-refractivity contribution is 9.10. The average molecular weight is 331 g/mol. The van der Waals surface area contributed by atoms with Gasteiger partial charge in [-0.05, 0) is 43.1 Å². The number of hydrogen-bond acceptors (Lipinski definition) is 3. The number of ether oxygens (including phenoxy) is 1. The van der Waals surface area contributed by atoms with E-state index in [1.54, 1.807) is 6.20 Å². The van der Waals surface area contributed by atoms with E-state index in [9.17, 15) is 5.11 Å².